The Labute approximate surface area is 172 Å². The van der Waals surface area contributed by atoms with Gasteiger partial charge >= 0.3 is 5.97 Å². The van der Waals surface area contributed by atoms with Crippen LogP contribution in [0.1, 0.15) is 18.4 Å². The molecule has 0 unspecified atom stereocenters. The van der Waals surface area contributed by atoms with Crippen molar-refractivity contribution in [3.63, 3.8) is 0 Å². The van der Waals surface area contributed by atoms with Crippen LogP contribution in [0.25, 0.3) is 10.4 Å². The molecule has 3 N–H and O–H groups in total. The SMILES string of the molecule is C[C@H]1[C@@H](c2ccccc2)[C@@]1(NS(=O)(=O)c1ccc(-c2cccc(O)c2)s1)C(=O)O. The number of thiophene rings is 1. The smallest absolute Gasteiger partial charge is 0.325 e. The zero-order chi connectivity index (χ0) is 20.8. The molecule has 0 bridgehead atoms. The van der Waals surface area contributed by atoms with E-state index in [0.29, 0.717) is 10.4 Å². The normalized spacial score (nSPS) is 23.6. The van der Waals surface area contributed by atoms with Gasteiger partial charge in [0.25, 0.3) is 10.0 Å². The number of rotatable bonds is 6. The molecule has 6 nitrogen and oxygen atoms in total. The lowest BCUT2D eigenvalue weighted by molar-refractivity contribution is -0.140. The van der Waals surface area contributed by atoms with Gasteiger partial charge in [0.1, 0.15) is 15.5 Å². The predicted octanol–water partition coefficient (Wildman–Crippen LogP) is 3.66. The van der Waals surface area contributed by atoms with Crippen molar-refractivity contribution in [3.05, 3.63) is 72.3 Å². The molecule has 0 amide bonds. The van der Waals surface area contributed by atoms with Crippen molar-refractivity contribution in [2.75, 3.05) is 0 Å². The molecule has 3 atom stereocenters. The Morgan fingerprint density at radius 2 is 1.79 bits per heavy atom. The van der Waals surface area contributed by atoms with Crippen LogP contribution in [0.4, 0.5) is 0 Å². The molecule has 1 heterocycles. The fourth-order valence-corrected chi connectivity index (χ4v) is 6.61. The molecule has 29 heavy (non-hydrogen) atoms. The third kappa shape index (κ3) is 3.33. The van der Waals surface area contributed by atoms with Gasteiger partial charge in [0, 0.05) is 10.8 Å². The standard InChI is InChI=1S/C21H19NO5S2/c1-13-19(14-6-3-2-4-7-14)21(13,20(24)25)22-29(26,27)18-11-10-17(28-18)15-8-5-9-16(23)12-15/h2-13,19,22-23H,1H3,(H,24,25)/t13-,19-,21+/m0/s1. The second-order valence-electron chi connectivity index (χ2n) is 7.13. The van der Waals surface area contributed by atoms with Gasteiger partial charge in [-0.15, -0.1) is 11.3 Å². The quantitative estimate of drug-likeness (QED) is 0.555. The molecule has 0 saturated heterocycles. The van der Waals surface area contributed by atoms with E-state index in [4.69, 9.17) is 0 Å². The molecule has 2 aromatic carbocycles. The molecule has 8 heteroatoms. The molecule has 3 aromatic rings. The first-order chi connectivity index (χ1) is 13.8. The first-order valence-corrected chi connectivity index (χ1v) is 11.3. The average molecular weight is 430 g/mol. The van der Waals surface area contributed by atoms with E-state index in [1.165, 1.54) is 12.1 Å². The zero-order valence-corrected chi connectivity index (χ0v) is 17.1. The third-order valence-electron chi connectivity index (χ3n) is 5.39. The van der Waals surface area contributed by atoms with E-state index >= 15 is 0 Å². The number of phenolic OH excluding ortho intramolecular Hbond substituents is 1. The first kappa shape index (κ1) is 19.6. The van der Waals surface area contributed by atoms with Crippen LogP contribution in [-0.4, -0.2) is 30.1 Å². The van der Waals surface area contributed by atoms with Crippen LogP contribution in [0.2, 0.25) is 0 Å². The van der Waals surface area contributed by atoms with Gasteiger partial charge in [-0.2, -0.15) is 4.72 Å². The van der Waals surface area contributed by atoms with E-state index in [0.717, 1.165) is 16.9 Å². The molecule has 0 aliphatic heterocycles. The molecule has 1 saturated carbocycles. The lowest BCUT2D eigenvalue weighted by atomic mass is 10.1. The number of nitrogens with one attached hydrogen (secondary N) is 1. The Hall–Kier alpha value is -2.68. The minimum Gasteiger partial charge on any atom is -0.508 e. The molecule has 150 valence electrons. The molecule has 1 aliphatic rings. The largest absolute Gasteiger partial charge is 0.508 e. The zero-order valence-electron chi connectivity index (χ0n) is 15.4. The molecule has 4 rings (SSSR count). The van der Waals surface area contributed by atoms with E-state index in [9.17, 15) is 23.4 Å². The minimum absolute atomic E-state index is 0.0300. The second kappa shape index (κ2) is 6.98. The highest BCUT2D eigenvalue weighted by atomic mass is 32.2. The number of carbonyl (C=O) groups is 1. The molecule has 1 aromatic heterocycles. The molecular weight excluding hydrogens is 410 g/mol. The summed E-state index contributed by atoms with van der Waals surface area (Å²) < 4.78 is 28.5. The fraction of sp³-hybridized carbons (Fsp3) is 0.190. The van der Waals surface area contributed by atoms with Crippen molar-refractivity contribution in [2.45, 2.75) is 22.6 Å². The van der Waals surface area contributed by atoms with Crippen molar-refractivity contribution in [1.82, 2.24) is 4.72 Å². The maximum atomic E-state index is 13.0. The molecule has 0 radical (unpaired) electrons. The lowest BCUT2D eigenvalue weighted by Crippen LogP contribution is -2.45. The van der Waals surface area contributed by atoms with E-state index in [1.54, 1.807) is 31.2 Å². The summed E-state index contributed by atoms with van der Waals surface area (Å²) in [5.41, 5.74) is -0.0990. The van der Waals surface area contributed by atoms with Gasteiger partial charge < -0.3 is 10.2 Å². The first-order valence-electron chi connectivity index (χ1n) is 8.97. The summed E-state index contributed by atoms with van der Waals surface area (Å²) in [4.78, 5) is 12.8. The van der Waals surface area contributed by atoms with Crippen LogP contribution in [0.3, 0.4) is 0 Å². The highest BCUT2D eigenvalue weighted by Crippen LogP contribution is 2.58. The molecular formula is C21H19NO5S2. The van der Waals surface area contributed by atoms with E-state index in [2.05, 4.69) is 4.72 Å². The summed E-state index contributed by atoms with van der Waals surface area (Å²) in [5, 5.41) is 19.5. The monoisotopic (exact) mass is 429 g/mol. The number of sulfonamides is 1. The van der Waals surface area contributed by atoms with E-state index in [1.807, 2.05) is 30.3 Å². The minimum atomic E-state index is -4.05. The number of carboxylic acid groups (broad SMARTS) is 1. The number of aliphatic carboxylic acids is 1. The van der Waals surface area contributed by atoms with Crippen molar-refractivity contribution in [2.24, 2.45) is 5.92 Å². The fourth-order valence-electron chi connectivity index (χ4n) is 3.85. The summed E-state index contributed by atoms with van der Waals surface area (Å²) in [6.45, 7) is 1.74. The summed E-state index contributed by atoms with van der Waals surface area (Å²) in [5.74, 6) is -1.93. The number of aromatic hydroxyl groups is 1. The Balaban J connectivity index is 1.65. The Bertz CT molecular complexity index is 1170. The predicted molar refractivity (Wildman–Crippen MR) is 110 cm³/mol. The Morgan fingerprint density at radius 3 is 2.45 bits per heavy atom. The van der Waals surface area contributed by atoms with Gasteiger partial charge in [0.05, 0.1) is 0 Å². The summed E-state index contributed by atoms with van der Waals surface area (Å²) in [6, 6.07) is 18.7. The number of hydrogen-bond donors (Lipinski definition) is 3. The molecule has 1 fully saturated rings. The van der Waals surface area contributed by atoms with Crippen LogP contribution < -0.4 is 4.72 Å². The number of phenols is 1. The Morgan fingerprint density at radius 1 is 1.07 bits per heavy atom. The van der Waals surface area contributed by atoms with Gasteiger partial charge in [0.15, 0.2) is 0 Å². The summed E-state index contributed by atoms with van der Waals surface area (Å²) in [6.07, 6.45) is 0. The van der Waals surface area contributed by atoms with Gasteiger partial charge in [-0.05, 0) is 41.3 Å². The van der Waals surface area contributed by atoms with Crippen LogP contribution in [0, 0.1) is 5.92 Å². The maximum absolute atomic E-state index is 13.0. The number of hydrogen-bond acceptors (Lipinski definition) is 5. The maximum Gasteiger partial charge on any atom is 0.325 e. The summed E-state index contributed by atoms with van der Waals surface area (Å²) >= 11 is 1.03. The highest BCUT2D eigenvalue weighted by Gasteiger charge is 2.70. The Kier molecular flexibility index (Phi) is 4.72. The van der Waals surface area contributed by atoms with Gasteiger partial charge in [-0.1, -0.05) is 49.4 Å². The third-order valence-corrected chi connectivity index (χ3v) is 8.50. The topological polar surface area (TPSA) is 104 Å². The van der Waals surface area contributed by atoms with Crippen molar-refractivity contribution in [1.29, 1.82) is 0 Å². The van der Waals surface area contributed by atoms with Gasteiger partial charge in [0.2, 0.25) is 0 Å². The van der Waals surface area contributed by atoms with Crippen LogP contribution in [0.15, 0.2) is 70.9 Å². The van der Waals surface area contributed by atoms with Crippen molar-refractivity contribution < 1.29 is 23.4 Å². The second-order valence-corrected chi connectivity index (χ2v) is 10.1. The lowest BCUT2D eigenvalue weighted by Gasteiger charge is -2.15. The highest BCUT2D eigenvalue weighted by molar-refractivity contribution is 7.91. The number of benzene rings is 2. The van der Waals surface area contributed by atoms with Crippen LogP contribution >= 0.6 is 11.3 Å². The van der Waals surface area contributed by atoms with Gasteiger partial charge in [-0.3, -0.25) is 4.79 Å². The van der Waals surface area contributed by atoms with Gasteiger partial charge in [-0.25, -0.2) is 8.42 Å². The molecule has 0 spiro atoms. The van der Waals surface area contributed by atoms with Crippen LogP contribution in [0.5, 0.6) is 5.75 Å². The van der Waals surface area contributed by atoms with E-state index in [-0.39, 0.29) is 15.9 Å². The van der Waals surface area contributed by atoms with E-state index < -0.39 is 27.4 Å². The molecule has 1 aliphatic carbocycles. The number of carboxylic acids is 1. The van der Waals surface area contributed by atoms with Crippen molar-refractivity contribution in [3.8, 4) is 16.2 Å². The summed E-state index contributed by atoms with van der Waals surface area (Å²) in [7, 11) is -4.05. The van der Waals surface area contributed by atoms with Crippen LogP contribution in [-0.2, 0) is 14.8 Å². The average Bonchev–Trinajstić information content (AvgIpc) is 3.05. The van der Waals surface area contributed by atoms with Crippen molar-refractivity contribution >= 4 is 27.3 Å².